The van der Waals surface area contributed by atoms with Crippen molar-refractivity contribution in [3.63, 3.8) is 0 Å². The molecule has 0 spiro atoms. The predicted octanol–water partition coefficient (Wildman–Crippen LogP) is 3.73. The highest BCUT2D eigenvalue weighted by Crippen LogP contribution is 2.32. The van der Waals surface area contributed by atoms with Gasteiger partial charge < -0.3 is 4.84 Å². The first-order chi connectivity index (χ1) is 6.05. The van der Waals surface area contributed by atoms with Crippen LogP contribution in [0.15, 0.2) is 24.3 Å². The minimum atomic E-state index is -4.34. The maximum absolute atomic E-state index is 12.3. The Hall–Kier alpha value is -0.740. The second-order valence-corrected chi connectivity index (χ2v) is 2.67. The third kappa shape index (κ3) is 2.60. The molecule has 1 aromatic carbocycles. The van der Waals surface area contributed by atoms with Crippen molar-refractivity contribution >= 4 is 11.8 Å². The molecule has 5 heteroatoms. The summed E-state index contributed by atoms with van der Waals surface area (Å²) in [7, 11) is 0. The van der Waals surface area contributed by atoms with E-state index >= 15 is 0 Å². The highest BCUT2D eigenvalue weighted by Gasteiger charge is 2.31. The van der Waals surface area contributed by atoms with Gasteiger partial charge in [0.1, 0.15) is 0 Å². The van der Waals surface area contributed by atoms with Crippen LogP contribution in [0.4, 0.5) is 13.2 Å². The van der Waals surface area contributed by atoms with Gasteiger partial charge in [0.05, 0.1) is 5.56 Å². The lowest BCUT2D eigenvalue weighted by molar-refractivity contribution is -0.138. The molecule has 1 nitrogen and oxygen atoms in total. The maximum atomic E-state index is 12.3. The predicted molar refractivity (Wildman–Crippen MR) is 44.4 cm³/mol. The molecule has 1 aromatic rings. The van der Waals surface area contributed by atoms with Crippen molar-refractivity contribution in [3.05, 3.63) is 40.2 Å². The number of halogens is 4. The summed E-state index contributed by atoms with van der Waals surface area (Å²) in [5.74, 6) is 0. The molecule has 0 radical (unpaired) electrons. The van der Waals surface area contributed by atoms with Crippen molar-refractivity contribution < 1.29 is 13.2 Å². The Balaban J connectivity index is 3.05. The molecule has 0 saturated heterocycles. The van der Waals surface area contributed by atoms with Crippen molar-refractivity contribution in [2.75, 3.05) is 0 Å². The van der Waals surface area contributed by atoms with Crippen LogP contribution < -0.4 is 0 Å². The van der Waals surface area contributed by atoms with Gasteiger partial charge in [0.15, 0.2) is 0 Å². The van der Waals surface area contributed by atoms with E-state index in [1.54, 1.807) is 0 Å². The summed E-state index contributed by atoms with van der Waals surface area (Å²) in [6.07, 6.45) is -4.34. The molecule has 0 amide bonds. The molecular formula is C8H6ClF3N-. The number of hydrogen-bond donors (Lipinski definition) is 0. The first-order valence-corrected chi connectivity index (χ1v) is 3.82. The molecule has 0 aromatic heterocycles. The average Bonchev–Trinajstić information content (AvgIpc) is 2.04. The Morgan fingerprint density at radius 3 is 2.38 bits per heavy atom. The molecule has 0 heterocycles. The summed E-state index contributed by atoms with van der Waals surface area (Å²) >= 11 is 5.02. The van der Waals surface area contributed by atoms with E-state index in [-0.39, 0.29) is 12.1 Å². The van der Waals surface area contributed by atoms with Gasteiger partial charge in [-0.15, -0.1) is 6.54 Å². The molecule has 0 atom stereocenters. The minimum absolute atomic E-state index is 0.0880. The zero-order chi connectivity index (χ0) is 9.90. The standard InChI is InChI=1S/C8H6ClF3N/c9-13-5-6-3-1-2-4-7(6)8(10,11)12/h1-4H,5H2/q-1. The van der Waals surface area contributed by atoms with Gasteiger partial charge in [-0.25, -0.2) is 0 Å². The van der Waals surface area contributed by atoms with Gasteiger partial charge in [-0.05, 0) is 6.07 Å². The lowest BCUT2D eigenvalue weighted by atomic mass is 10.1. The van der Waals surface area contributed by atoms with Crippen molar-refractivity contribution in [3.8, 4) is 0 Å². The highest BCUT2D eigenvalue weighted by atomic mass is 35.5. The molecule has 0 aliphatic heterocycles. The minimum Gasteiger partial charge on any atom is -0.572 e. The van der Waals surface area contributed by atoms with Gasteiger partial charge in [0, 0.05) is 0 Å². The largest absolute Gasteiger partial charge is 0.572 e. The molecule has 0 aliphatic rings. The molecule has 0 bridgehead atoms. The van der Waals surface area contributed by atoms with Crippen LogP contribution in [-0.2, 0) is 12.7 Å². The monoisotopic (exact) mass is 208 g/mol. The Bertz CT molecular complexity index is 285. The third-order valence-corrected chi connectivity index (χ3v) is 1.67. The molecule has 0 saturated carbocycles. The number of alkyl halides is 3. The van der Waals surface area contributed by atoms with E-state index in [4.69, 9.17) is 11.8 Å². The van der Waals surface area contributed by atoms with Crippen LogP contribution in [-0.4, -0.2) is 0 Å². The van der Waals surface area contributed by atoms with Crippen LogP contribution in [0.3, 0.4) is 0 Å². The summed E-state index contributed by atoms with van der Waals surface area (Å²) < 4.78 is 36.9. The van der Waals surface area contributed by atoms with Crippen molar-refractivity contribution in [2.45, 2.75) is 12.7 Å². The Morgan fingerprint density at radius 1 is 1.23 bits per heavy atom. The summed E-state index contributed by atoms with van der Waals surface area (Å²) in [4.78, 5) is 3.15. The van der Waals surface area contributed by atoms with Gasteiger partial charge in [-0.2, -0.15) is 13.2 Å². The molecule has 13 heavy (non-hydrogen) atoms. The topological polar surface area (TPSA) is 14.1 Å². The molecule has 0 fully saturated rings. The molecule has 0 aliphatic carbocycles. The third-order valence-electron chi connectivity index (χ3n) is 1.55. The van der Waals surface area contributed by atoms with E-state index in [0.29, 0.717) is 0 Å². The summed E-state index contributed by atoms with van der Waals surface area (Å²) in [5.41, 5.74) is -0.593. The lowest BCUT2D eigenvalue weighted by Gasteiger charge is -2.16. The molecule has 1 rings (SSSR count). The number of benzene rings is 1. The Kier molecular flexibility index (Phi) is 3.17. The smallest absolute Gasteiger partial charge is 0.416 e. The van der Waals surface area contributed by atoms with E-state index in [0.717, 1.165) is 6.07 Å². The van der Waals surface area contributed by atoms with Gasteiger partial charge >= 0.3 is 6.18 Å². The fourth-order valence-electron chi connectivity index (χ4n) is 0.999. The van der Waals surface area contributed by atoms with E-state index in [1.807, 2.05) is 0 Å². The molecule has 0 unspecified atom stereocenters. The first kappa shape index (κ1) is 10.3. The van der Waals surface area contributed by atoms with Crippen molar-refractivity contribution in [1.29, 1.82) is 0 Å². The van der Waals surface area contributed by atoms with Gasteiger partial charge in [-0.3, -0.25) is 11.8 Å². The van der Waals surface area contributed by atoms with Gasteiger partial charge in [-0.1, -0.05) is 23.8 Å². The number of nitrogens with zero attached hydrogens (tertiary/aromatic N) is 1. The van der Waals surface area contributed by atoms with E-state index in [1.165, 1.54) is 18.2 Å². The van der Waals surface area contributed by atoms with E-state index in [9.17, 15) is 13.2 Å². The van der Waals surface area contributed by atoms with Gasteiger partial charge in [0.2, 0.25) is 0 Å². The highest BCUT2D eigenvalue weighted by molar-refractivity contribution is 6.24. The van der Waals surface area contributed by atoms with E-state index < -0.39 is 11.7 Å². The second kappa shape index (κ2) is 3.98. The fraction of sp³-hybridized carbons (Fsp3) is 0.250. The first-order valence-electron chi connectivity index (χ1n) is 3.48. The zero-order valence-corrected chi connectivity index (χ0v) is 7.23. The number of hydrogen-bond acceptors (Lipinski definition) is 0. The fourth-order valence-corrected chi connectivity index (χ4v) is 1.13. The number of rotatable bonds is 2. The average molecular weight is 209 g/mol. The zero-order valence-electron chi connectivity index (χ0n) is 6.48. The summed E-state index contributed by atoms with van der Waals surface area (Å²) in [6.45, 7) is -0.128. The van der Waals surface area contributed by atoms with Crippen LogP contribution in [0, 0.1) is 0 Å². The van der Waals surface area contributed by atoms with Crippen LogP contribution in [0.1, 0.15) is 11.1 Å². The van der Waals surface area contributed by atoms with Gasteiger partial charge in [0.25, 0.3) is 0 Å². The quantitative estimate of drug-likeness (QED) is 0.703. The van der Waals surface area contributed by atoms with Crippen LogP contribution in [0.25, 0.3) is 4.84 Å². The van der Waals surface area contributed by atoms with Crippen LogP contribution in [0.5, 0.6) is 0 Å². The van der Waals surface area contributed by atoms with Crippen LogP contribution in [0.2, 0.25) is 0 Å². The van der Waals surface area contributed by atoms with Crippen molar-refractivity contribution in [2.24, 2.45) is 0 Å². The lowest BCUT2D eigenvalue weighted by Crippen LogP contribution is -2.08. The maximum Gasteiger partial charge on any atom is 0.416 e. The van der Waals surface area contributed by atoms with E-state index in [2.05, 4.69) is 4.84 Å². The van der Waals surface area contributed by atoms with Crippen molar-refractivity contribution in [1.82, 2.24) is 0 Å². The van der Waals surface area contributed by atoms with Crippen LogP contribution >= 0.6 is 11.8 Å². The second-order valence-electron chi connectivity index (χ2n) is 2.43. The summed E-state index contributed by atoms with van der Waals surface area (Å²) in [6, 6.07) is 5.22. The Morgan fingerprint density at radius 2 is 1.85 bits per heavy atom. The normalized spacial score (nSPS) is 11.7. The SMILES string of the molecule is FC(F)(F)c1ccccc1C[N-]Cl. The molecular weight excluding hydrogens is 203 g/mol. The summed E-state index contributed by atoms with van der Waals surface area (Å²) in [5, 5.41) is 0. The molecule has 0 N–H and O–H groups in total. The Labute approximate surface area is 78.6 Å². The molecule has 72 valence electrons.